The number of carbonyl (C=O) groups excluding carboxylic acids is 1. The molecule has 7 rings (SSSR count). The van der Waals surface area contributed by atoms with Gasteiger partial charge in [0.2, 0.25) is 0 Å². The van der Waals surface area contributed by atoms with Gasteiger partial charge in [-0.25, -0.2) is 0 Å². The van der Waals surface area contributed by atoms with Crippen molar-refractivity contribution in [3.8, 4) is 0 Å². The number of allylic oxidation sites excluding steroid dienone is 1. The third-order valence-corrected chi connectivity index (χ3v) is 15.3. The van der Waals surface area contributed by atoms with E-state index in [1.165, 1.54) is 12.5 Å². The van der Waals surface area contributed by atoms with E-state index in [0.717, 1.165) is 44.9 Å². The van der Waals surface area contributed by atoms with Crippen LogP contribution in [-0.4, -0.2) is 92.7 Å². The molecule has 5 fully saturated rings. The highest BCUT2D eigenvalue weighted by atomic mass is 16.7. The monoisotopic (exact) mass is 662 g/mol. The van der Waals surface area contributed by atoms with E-state index in [9.17, 15) is 30.3 Å². The van der Waals surface area contributed by atoms with Gasteiger partial charge in [-0.05, 0) is 105 Å². The first kappa shape index (κ1) is 34.2. The van der Waals surface area contributed by atoms with Gasteiger partial charge in [-0.15, -0.1) is 0 Å². The van der Waals surface area contributed by atoms with Gasteiger partial charge < -0.3 is 44.5 Å². The molecule has 10 heteroatoms. The van der Waals surface area contributed by atoms with Crippen LogP contribution in [0.25, 0.3) is 0 Å². The van der Waals surface area contributed by atoms with E-state index in [1.807, 2.05) is 0 Å². The van der Waals surface area contributed by atoms with Gasteiger partial charge in [0.15, 0.2) is 12.4 Å². The Balaban J connectivity index is 1.15. The highest BCUT2D eigenvalue weighted by Gasteiger charge is 2.83. The molecule has 0 unspecified atom stereocenters. The highest BCUT2D eigenvalue weighted by Crippen LogP contribution is 2.89. The molecule has 0 bridgehead atoms. The molecule has 2 heterocycles. The van der Waals surface area contributed by atoms with E-state index in [0.29, 0.717) is 24.0 Å². The molecule has 47 heavy (non-hydrogen) atoms. The molecule has 4 saturated carbocycles. The number of hydrogen-bond acceptors (Lipinski definition) is 10. The molecule has 7 aliphatic rings. The van der Waals surface area contributed by atoms with Crippen molar-refractivity contribution in [1.82, 2.24) is 0 Å². The molecule has 2 aliphatic heterocycles. The lowest BCUT2D eigenvalue weighted by Gasteiger charge is -2.63. The molecule has 0 radical (unpaired) electrons. The summed E-state index contributed by atoms with van der Waals surface area (Å²) in [6, 6.07) is 0. The van der Waals surface area contributed by atoms with Crippen LogP contribution in [0.5, 0.6) is 0 Å². The summed E-state index contributed by atoms with van der Waals surface area (Å²) in [6.45, 7) is 16.0. The summed E-state index contributed by atoms with van der Waals surface area (Å²) in [5, 5.41) is 54.3. The topological polar surface area (TPSA) is 155 Å². The van der Waals surface area contributed by atoms with E-state index >= 15 is 0 Å². The molecular weight excluding hydrogens is 604 g/mol. The molecule has 266 valence electrons. The number of esters is 1. The fraction of sp³-hybridized carbons (Fsp3) is 0.919. The first-order valence-electron chi connectivity index (χ1n) is 18.1. The maximum absolute atomic E-state index is 12.5. The lowest BCUT2D eigenvalue weighted by molar-refractivity contribution is -0.303. The number of fused-ring (bicyclic) bond motifs is 3. The summed E-state index contributed by atoms with van der Waals surface area (Å²) in [5.74, 6) is 1.00. The first-order valence-corrected chi connectivity index (χ1v) is 18.1. The fourth-order valence-corrected chi connectivity index (χ4v) is 13.0. The Bertz CT molecular complexity index is 1320. The van der Waals surface area contributed by atoms with Crippen molar-refractivity contribution in [3.63, 3.8) is 0 Å². The summed E-state index contributed by atoms with van der Waals surface area (Å²) >= 11 is 0. The van der Waals surface area contributed by atoms with Gasteiger partial charge in [0, 0.05) is 17.8 Å². The minimum Gasteiger partial charge on any atom is -0.488 e. The van der Waals surface area contributed by atoms with Crippen molar-refractivity contribution >= 4 is 5.97 Å². The maximum atomic E-state index is 12.5. The Hall–Kier alpha value is -1.27. The highest BCUT2D eigenvalue weighted by molar-refractivity contribution is 5.66. The number of carbonyl (C=O) groups is 1. The van der Waals surface area contributed by atoms with Crippen molar-refractivity contribution in [3.05, 3.63) is 11.3 Å². The second-order valence-electron chi connectivity index (χ2n) is 18.2. The molecule has 0 aromatic carbocycles. The number of ether oxygens (including phenoxy) is 4. The smallest absolute Gasteiger partial charge is 0.303 e. The van der Waals surface area contributed by atoms with Crippen LogP contribution in [-0.2, 0) is 23.7 Å². The largest absolute Gasteiger partial charge is 0.488 e. The zero-order valence-corrected chi connectivity index (χ0v) is 29.5. The summed E-state index contributed by atoms with van der Waals surface area (Å²) in [6.07, 6.45) is 0.627. The Labute approximate surface area is 279 Å². The third kappa shape index (κ3) is 4.43. The lowest BCUT2D eigenvalue weighted by atomic mass is 9.41. The van der Waals surface area contributed by atoms with Crippen LogP contribution in [0.3, 0.4) is 0 Å². The zero-order chi connectivity index (χ0) is 34.3. The van der Waals surface area contributed by atoms with E-state index < -0.39 is 59.9 Å². The van der Waals surface area contributed by atoms with Crippen LogP contribution in [0, 0.1) is 44.8 Å². The molecule has 1 saturated heterocycles. The second kappa shape index (κ2) is 10.6. The van der Waals surface area contributed by atoms with Crippen LogP contribution in [0.4, 0.5) is 0 Å². The van der Waals surface area contributed by atoms with Crippen LogP contribution in [0.2, 0.25) is 0 Å². The Morgan fingerprint density at radius 2 is 1.62 bits per heavy atom. The van der Waals surface area contributed by atoms with Gasteiger partial charge >= 0.3 is 5.97 Å². The predicted octanol–water partition coefficient (Wildman–Crippen LogP) is 3.60. The number of aliphatic hydroxyl groups is 5. The lowest BCUT2D eigenvalue weighted by Crippen LogP contribution is -2.61. The Morgan fingerprint density at radius 1 is 0.957 bits per heavy atom. The van der Waals surface area contributed by atoms with E-state index in [1.54, 1.807) is 13.8 Å². The van der Waals surface area contributed by atoms with Gasteiger partial charge in [-0.1, -0.05) is 34.6 Å². The van der Waals surface area contributed by atoms with Crippen LogP contribution >= 0.6 is 0 Å². The second-order valence-corrected chi connectivity index (χ2v) is 18.2. The van der Waals surface area contributed by atoms with Crippen LogP contribution < -0.4 is 0 Å². The quantitative estimate of drug-likeness (QED) is 0.218. The number of hydrogen-bond donors (Lipinski definition) is 5. The molecule has 10 nitrogen and oxygen atoms in total. The van der Waals surface area contributed by atoms with Gasteiger partial charge in [0.25, 0.3) is 0 Å². The normalized spacial score (nSPS) is 52.2. The minimum atomic E-state index is -1.31. The number of rotatable bonds is 5. The van der Waals surface area contributed by atoms with Crippen molar-refractivity contribution in [2.75, 3.05) is 6.61 Å². The van der Waals surface area contributed by atoms with E-state index in [2.05, 4.69) is 34.6 Å². The van der Waals surface area contributed by atoms with Crippen LogP contribution in [0.1, 0.15) is 107 Å². The van der Waals surface area contributed by atoms with Gasteiger partial charge in [-0.2, -0.15) is 0 Å². The number of aliphatic hydroxyl groups excluding tert-OH is 4. The Morgan fingerprint density at radius 3 is 2.28 bits per heavy atom. The third-order valence-electron chi connectivity index (χ3n) is 15.3. The van der Waals surface area contributed by atoms with Crippen molar-refractivity contribution in [2.45, 2.75) is 161 Å². The van der Waals surface area contributed by atoms with E-state index in [-0.39, 0.29) is 40.3 Å². The molecule has 0 aromatic heterocycles. The molecule has 0 aromatic rings. The Kier molecular flexibility index (Phi) is 7.73. The molecule has 0 amide bonds. The van der Waals surface area contributed by atoms with Crippen LogP contribution in [0.15, 0.2) is 11.3 Å². The van der Waals surface area contributed by atoms with Crippen molar-refractivity contribution in [1.29, 1.82) is 0 Å². The van der Waals surface area contributed by atoms with Crippen molar-refractivity contribution in [2.24, 2.45) is 44.8 Å². The fourth-order valence-electron chi connectivity index (χ4n) is 13.0. The molecule has 15 atom stereocenters. The molecule has 5 N–H and O–H groups in total. The average molecular weight is 663 g/mol. The van der Waals surface area contributed by atoms with Gasteiger partial charge in [0.05, 0.1) is 18.3 Å². The first-order chi connectivity index (χ1) is 21.8. The summed E-state index contributed by atoms with van der Waals surface area (Å²) in [7, 11) is 0. The molecule has 5 aliphatic carbocycles. The SMILES string of the molecule is CC(=O)O[C@@H]([C@H]1C[C@@H](C)C2=C(O1)[C@H](O)[C@@]1(C)[C@@H]3CC[C@H]4C(C)(C)[C@@H](O[C@@H]5OC[C@H](O)[C@H](O)[C@H]5O)CC[C@@]45C[C@@]35CC[C@]21C)C(C)(C)O. The van der Waals surface area contributed by atoms with Gasteiger partial charge in [-0.3, -0.25) is 4.79 Å². The summed E-state index contributed by atoms with van der Waals surface area (Å²) in [5.41, 5.74) is -0.669. The van der Waals surface area contributed by atoms with E-state index in [4.69, 9.17) is 18.9 Å². The molecular formula is C37H58O10. The zero-order valence-electron chi connectivity index (χ0n) is 29.5. The van der Waals surface area contributed by atoms with Gasteiger partial charge in [0.1, 0.15) is 36.3 Å². The predicted molar refractivity (Wildman–Crippen MR) is 170 cm³/mol. The standard InChI is InChI=1S/C37H58O10/c1-18-15-21(30(33(5,6)43)45-19(2)38)46-28-25(18)34(7)13-14-37-17-36(37)12-11-24(47-31-27(41)26(40)20(39)16-44-31)32(3,4)22(36)9-10-23(37)35(34,8)29(28)42/h18,20-24,26-27,29-31,39-43H,9-17H2,1-8H3/t18-,20+,21-,22+,23+,24+,26+,27-,29+,30+,31+,34-,35-,36-,37+/m1/s1. The summed E-state index contributed by atoms with van der Waals surface area (Å²) in [4.78, 5) is 12.0. The minimum absolute atomic E-state index is 0.0723. The summed E-state index contributed by atoms with van der Waals surface area (Å²) < 4.78 is 24.4. The molecule has 2 spiro atoms. The maximum Gasteiger partial charge on any atom is 0.303 e. The van der Waals surface area contributed by atoms with Crippen molar-refractivity contribution < 1.29 is 49.3 Å². The average Bonchev–Trinajstić information content (AvgIpc) is 3.61.